The molecule has 0 radical (unpaired) electrons. The van der Waals surface area contributed by atoms with Crippen LogP contribution >= 0.6 is 15.9 Å². The van der Waals surface area contributed by atoms with Gasteiger partial charge in [-0.15, -0.1) is 0 Å². The van der Waals surface area contributed by atoms with Gasteiger partial charge in [0.2, 0.25) is 0 Å². The van der Waals surface area contributed by atoms with Crippen LogP contribution in [0.1, 0.15) is 6.92 Å². The van der Waals surface area contributed by atoms with Gasteiger partial charge in [-0.3, -0.25) is 0 Å². The molecule has 0 fully saturated rings. The fourth-order valence-electron chi connectivity index (χ4n) is 1.17. The predicted octanol–water partition coefficient (Wildman–Crippen LogP) is 2.94. The molecule has 2 nitrogen and oxygen atoms in total. The molecule has 1 atom stereocenters. The van der Waals surface area contributed by atoms with Gasteiger partial charge in [-0.25, -0.2) is 0 Å². The first-order valence-corrected chi connectivity index (χ1v) is 4.23. The van der Waals surface area contributed by atoms with E-state index in [1.807, 2.05) is 6.20 Å². The summed E-state index contributed by atoms with van der Waals surface area (Å²) in [6, 6.07) is 0.160. The summed E-state index contributed by atoms with van der Waals surface area (Å²) in [5.74, 6) is 0. The normalized spacial score (nSPS) is 27.5. The maximum atomic E-state index is 4.02. The smallest absolute Gasteiger partial charge is 0.117 e. The lowest BCUT2D eigenvalue weighted by molar-refractivity contribution is 0.937. The summed E-state index contributed by atoms with van der Waals surface area (Å²) in [7, 11) is 0. The predicted molar refractivity (Wildman–Crippen MR) is 47.5 cm³/mol. The highest BCUT2D eigenvalue weighted by Crippen LogP contribution is 2.33. The summed E-state index contributed by atoms with van der Waals surface area (Å²) in [6.07, 6.45) is 5.93. The summed E-state index contributed by atoms with van der Waals surface area (Å²) in [6.45, 7) is 2.07. The van der Waals surface area contributed by atoms with Gasteiger partial charge in [-0.2, -0.15) is 10.2 Å². The van der Waals surface area contributed by atoms with Crippen LogP contribution in [-0.2, 0) is 0 Å². The molecular weight excluding hydrogens is 204 g/mol. The Bertz CT molecular complexity index is 310. The summed E-state index contributed by atoms with van der Waals surface area (Å²) in [5.41, 5.74) is 2.41. The lowest BCUT2D eigenvalue weighted by atomic mass is 10.0. The molecule has 2 rings (SSSR count). The summed E-state index contributed by atoms with van der Waals surface area (Å²) >= 11 is 3.50. The van der Waals surface area contributed by atoms with E-state index >= 15 is 0 Å². The van der Waals surface area contributed by atoms with Gasteiger partial charge < -0.3 is 0 Å². The van der Waals surface area contributed by atoms with Gasteiger partial charge in [0.25, 0.3) is 0 Å². The number of rotatable bonds is 0. The first-order chi connectivity index (χ1) is 5.29. The van der Waals surface area contributed by atoms with Crippen LogP contribution < -0.4 is 0 Å². The fraction of sp³-hybridized carbons (Fsp3) is 0.250. The van der Waals surface area contributed by atoms with Crippen LogP contribution in [-0.4, -0.2) is 6.04 Å². The van der Waals surface area contributed by atoms with Crippen molar-refractivity contribution in [2.45, 2.75) is 13.0 Å². The first kappa shape index (κ1) is 6.98. The van der Waals surface area contributed by atoms with Crippen molar-refractivity contribution in [3.05, 3.63) is 34.0 Å². The van der Waals surface area contributed by atoms with Gasteiger partial charge in [0.15, 0.2) is 0 Å². The molecule has 0 aromatic rings. The Kier molecular flexibility index (Phi) is 1.53. The molecule has 0 saturated heterocycles. The largest absolute Gasteiger partial charge is 0.177 e. The minimum atomic E-state index is 0.160. The van der Waals surface area contributed by atoms with Gasteiger partial charge in [-0.05, 0) is 12.5 Å². The lowest BCUT2D eigenvalue weighted by Gasteiger charge is -2.12. The molecule has 0 bridgehead atoms. The zero-order chi connectivity index (χ0) is 7.84. The van der Waals surface area contributed by atoms with E-state index in [9.17, 15) is 0 Å². The van der Waals surface area contributed by atoms with Crippen LogP contribution in [0, 0.1) is 0 Å². The molecule has 0 unspecified atom stereocenters. The quantitative estimate of drug-likeness (QED) is 0.588. The Labute approximate surface area is 73.5 Å². The van der Waals surface area contributed by atoms with Crippen molar-refractivity contribution < 1.29 is 0 Å². The minimum Gasteiger partial charge on any atom is -0.177 e. The molecular formula is C8H7BrN2. The number of halogens is 1. The highest BCUT2D eigenvalue weighted by atomic mass is 79.9. The van der Waals surface area contributed by atoms with Crippen LogP contribution in [0.3, 0.4) is 0 Å². The van der Waals surface area contributed by atoms with Gasteiger partial charge >= 0.3 is 0 Å². The Morgan fingerprint density at radius 2 is 2.36 bits per heavy atom. The molecule has 3 heteroatoms. The standard InChI is InChI=1S/C8H7BrN2/c1-5-2-3-7-6(8(5)9)4-10-11-7/h2-4,7H,1H3/t7-/m0/s1. The van der Waals surface area contributed by atoms with Crippen molar-refractivity contribution in [3.63, 3.8) is 0 Å². The molecule has 0 N–H and O–H groups in total. The van der Waals surface area contributed by atoms with E-state index in [-0.39, 0.29) is 6.04 Å². The second-order valence-electron chi connectivity index (χ2n) is 2.62. The number of fused-ring (bicyclic) bond motifs is 1. The van der Waals surface area contributed by atoms with Gasteiger partial charge in [0, 0.05) is 10.1 Å². The molecule has 1 aliphatic heterocycles. The maximum Gasteiger partial charge on any atom is 0.117 e. The summed E-state index contributed by atoms with van der Waals surface area (Å²) in [4.78, 5) is 0. The van der Waals surface area contributed by atoms with E-state index in [1.165, 1.54) is 11.1 Å². The highest BCUT2D eigenvalue weighted by molar-refractivity contribution is 9.12. The molecule has 1 heterocycles. The Morgan fingerprint density at radius 1 is 1.55 bits per heavy atom. The van der Waals surface area contributed by atoms with Crippen LogP contribution in [0.5, 0.6) is 0 Å². The van der Waals surface area contributed by atoms with Gasteiger partial charge in [-0.1, -0.05) is 28.1 Å². The lowest BCUT2D eigenvalue weighted by Crippen LogP contribution is -2.05. The first-order valence-electron chi connectivity index (χ1n) is 3.44. The zero-order valence-electron chi connectivity index (χ0n) is 6.08. The monoisotopic (exact) mass is 210 g/mol. The number of azo groups is 1. The third kappa shape index (κ3) is 0.997. The zero-order valence-corrected chi connectivity index (χ0v) is 7.67. The topological polar surface area (TPSA) is 24.7 Å². The molecule has 56 valence electrons. The third-order valence-corrected chi connectivity index (χ3v) is 2.92. The second kappa shape index (κ2) is 2.41. The molecule has 0 saturated carbocycles. The van der Waals surface area contributed by atoms with Gasteiger partial charge in [0.05, 0.1) is 6.20 Å². The maximum absolute atomic E-state index is 4.02. The van der Waals surface area contributed by atoms with Crippen molar-refractivity contribution in [2.75, 3.05) is 0 Å². The molecule has 0 spiro atoms. The average molecular weight is 211 g/mol. The van der Waals surface area contributed by atoms with E-state index in [1.54, 1.807) is 0 Å². The SMILES string of the molecule is CC1=C(Br)C2=CN=N[C@H]2C=C1. The van der Waals surface area contributed by atoms with Crippen LogP contribution in [0.15, 0.2) is 44.2 Å². The Morgan fingerprint density at radius 3 is 3.18 bits per heavy atom. The summed E-state index contributed by atoms with van der Waals surface area (Å²) in [5, 5.41) is 7.88. The number of hydrogen-bond donors (Lipinski definition) is 0. The van der Waals surface area contributed by atoms with Crippen LogP contribution in [0.25, 0.3) is 0 Å². The molecule has 0 aromatic heterocycles. The molecule has 0 aromatic carbocycles. The summed E-state index contributed by atoms with van der Waals surface area (Å²) < 4.78 is 1.13. The number of nitrogens with zero attached hydrogens (tertiary/aromatic N) is 2. The van der Waals surface area contributed by atoms with E-state index < -0.39 is 0 Å². The molecule has 2 aliphatic rings. The van der Waals surface area contributed by atoms with E-state index in [4.69, 9.17) is 0 Å². The third-order valence-electron chi connectivity index (χ3n) is 1.83. The van der Waals surface area contributed by atoms with Crippen LogP contribution in [0.2, 0.25) is 0 Å². The number of hydrogen-bond acceptors (Lipinski definition) is 2. The van der Waals surface area contributed by atoms with Crippen molar-refractivity contribution in [1.82, 2.24) is 0 Å². The Hall–Kier alpha value is -0.700. The van der Waals surface area contributed by atoms with Crippen molar-refractivity contribution in [3.8, 4) is 0 Å². The van der Waals surface area contributed by atoms with E-state index in [0.29, 0.717) is 0 Å². The van der Waals surface area contributed by atoms with Gasteiger partial charge in [0.1, 0.15) is 6.04 Å². The number of allylic oxidation sites excluding steroid dienone is 2. The molecule has 11 heavy (non-hydrogen) atoms. The second-order valence-corrected chi connectivity index (χ2v) is 3.41. The Balaban J connectivity index is 2.48. The fourth-order valence-corrected chi connectivity index (χ4v) is 1.64. The minimum absolute atomic E-state index is 0.160. The van der Waals surface area contributed by atoms with E-state index in [0.717, 1.165) is 4.48 Å². The average Bonchev–Trinajstić information content (AvgIpc) is 2.45. The van der Waals surface area contributed by atoms with Crippen molar-refractivity contribution in [1.29, 1.82) is 0 Å². The van der Waals surface area contributed by atoms with Crippen molar-refractivity contribution >= 4 is 15.9 Å². The van der Waals surface area contributed by atoms with Crippen LogP contribution in [0.4, 0.5) is 0 Å². The van der Waals surface area contributed by atoms with E-state index in [2.05, 4.69) is 45.2 Å². The van der Waals surface area contributed by atoms with Crippen molar-refractivity contribution in [2.24, 2.45) is 10.2 Å². The molecule has 0 amide bonds. The molecule has 1 aliphatic carbocycles. The highest BCUT2D eigenvalue weighted by Gasteiger charge is 2.21.